The van der Waals surface area contributed by atoms with Crippen molar-refractivity contribution in [2.24, 2.45) is 0 Å². The second-order valence-corrected chi connectivity index (χ2v) is 15.8. The summed E-state index contributed by atoms with van der Waals surface area (Å²) >= 11 is 2.47. The van der Waals surface area contributed by atoms with Gasteiger partial charge in [-0.25, -0.2) is 0 Å². The van der Waals surface area contributed by atoms with Gasteiger partial charge in [-0.15, -0.1) is 0 Å². The third-order valence-corrected chi connectivity index (χ3v) is 12.0. The van der Waals surface area contributed by atoms with Crippen LogP contribution in [0, 0.1) is 15.9 Å². The Hall–Kier alpha value is -5.77. The van der Waals surface area contributed by atoms with Gasteiger partial charge in [0.1, 0.15) is 0 Å². The number of benzene rings is 5. The molecule has 272 valence electrons. The van der Waals surface area contributed by atoms with E-state index in [4.69, 9.17) is 9.72 Å². The standard InChI is InChI=1S/C49H38N4O.Pt/c1-33(2)38-25-26-50-49(28-38)53-46-24-19-39(36-7-4-3-5-8-36)27-45(46)44-23-22-43(30-47(44)53)54-42-10-6-9-41(29-42)51-31-48-37-17-15-34-11-13-35(14-12-34)16-20-40(21-18-37)52(48)32-51;/h3-14,18-19,21-28,31,33H,15-17,20H2,1-2H3;/q-2;. The fraction of sp³-hybridized carbons (Fsp3) is 0.143. The minimum absolute atomic E-state index is 0.376. The molecule has 5 nitrogen and oxygen atoms in total. The van der Waals surface area contributed by atoms with E-state index in [0.717, 1.165) is 62.8 Å². The van der Waals surface area contributed by atoms with Crippen LogP contribution in [0.1, 0.15) is 47.7 Å². The number of hydrogen-bond acceptors (Lipinski definition) is 2. The Balaban J connectivity index is 1.05. The molecule has 0 spiro atoms. The van der Waals surface area contributed by atoms with E-state index in [-0.39, 0.29) is 0 Å². The quantitative estimate of drug-likeness (QED) is 0.156. The van der Waals surface area contributed by atoms with Gasteiger partial charge < -0.3 is 0 Å². The summed E-state index contributed by atoms with van der Waals surface area (Å²) in [5.41, 5.74) is 13.2. The van der Waals surface area contributed by atoms with Crippen LogP contribution in [-0.4, -0.2) is 18.5 Å². The van der Waals surface area contributed by atoms with Crippen LogP contribution in [0.2, 0.25) is 0 Å². The van der Waals surface area contributed by atoms with E-state index >= 15 is 0 Å². The molecule has 4 aliphatic rings. The number of fused-ring (bicyclic) bond motifs is 3. The topological polar surface area (TPSA) is 36.4 Å². The molecule has 0 N–H and O–H groups in total. The third-order valence-electron chi connectivity index (χ3n) is 11.0. The Bertz CT molecular complexity index is 2950. The normalized spacial score (nSPS) is 12.9. The van der Waals surface area contributed by atoms with Gasteiger partial charge in [0.25, 0.3) is 0 Å². The number of aryl methyl sites for hydroxylation is 4. The zero-order valence-corrected chi connectivity index (χ0v) is 33.0. The molecule has 0 unspecified atom stereocenters. The molecule has 0 radical (unpaired) electrons. The van der Waals surface area contributed by atoms with Crippen molar-refractivity contribution in [3.63, 3.8) is 0 Å². The van der Waals surface area contributed by atoms with E-state index < -0.39 is 0 Å². The summed E-state index contributed by atoms with van der Waals surface area (Å²) in [6.07, 6.45) is 8.14. The summed E-state index contributed by atoms with van der Waals surface area (Å²) in [6, 6.07) is 52.8. The van der Waals surface area contributed by atoms with Crippen molar-refractivity contribution >= 4 is 27.3 Å². The van der Waals surface area contributed by atoms with Crippen LogP contribution in [0.15, 0.2) is 140 Å². The SMILES string of the molecule is CC(C)c1ccnc(-n2c3[c-]c(Oc4[c-]c(-n5cc6c7ccc(n6[c]5=[Pt])CCc5ccc(cc5)CC7)ccc4)ccc3c3cc(-c4ccccc4)ccc32)c1. The van der Waals surface area contributed by atoms with Crippen molar-refractivity contribution in [1.82, 2.24) is 18.5 Å². The van der Waals surface area contributed by atoms with Gasteiger partial charge >= 0.3 is 248 Å². The predicted octanol–water partition coefficient (Wildman–Crippen LogP) is 11.4. The predicted molar refractivity (Wildman–Crippen MR) is 217 cm³/mol. The van der Waals surface area contributed by atoms with Gasteiger partial charge in [0.15, 0.2) is 0 Å². The zero-order chi connectivity index (χ0) is 37.0. The molecule has 0 saturated heterocycles. The number of nitrogens with zero attached hydrogens (tertiary/aromatic N) is 4. The molecule has 55 heavy (non-hydrogen) atoms. The van der Waals surface area contributed by atoms with Gasteiger partial charge in [0.2, 0.25) is 0 Å². The molecule has 0 saturated carbocycles. The molecule has 6 heteroatoms. The van der Waals surface area contributed by atoms with Gasteiger partial charge in [-0.1, -0.05) is 50.2 Å². The van der Waals surface area contributed by atoms with Gasteiger partial charge in [-0.2, -0.15) is 0 Å². The Morgan fingerprint density at radius 1 is 0.673 bits per heavy atom. The van der Waals surface area contributed by atoms with Crippen molar-refractivity contribution < 1.29 is 24.1 Å². The Morgan fingerprint density at radius 3 is 2.29 bits per heavy atom. The molecule has 9 aromatic rings. The molecule has 4 bridgehead atoms. The Kier molecular flexibility index (Phi) is 8.49. The van der Waals surface area contributed by atoms with Crippen LogP contribution in [-0.2, 0) is 45.0 Å². The number of rotatable bonds is 6. The molecule has 0 fully saturated rings. The number of pyridine rings is 2. The molecular formula is C49H38N4OPt-2. The Morgan fingerprint density at radius 2 is 1.47 bits per heavy atom. The number of aromatic nitrogens is 4. The van der Waals surface area contributed by atoms with Crippen molar-refractivity contribution in [1.29, 1.82) is 0 Å². The van der Waals surface area contributed by atoms with Gasteiger partial charge in [0, 0.05) is 6.20 Å². The minimum atomic E-state index is 0.376. The number of imidazole rings is 1. The van der Waals surface area contributed by atoms with Gasteiger partial charge in [-0.05, 0) is 28.7 Å². The first-order chi connectivity index (χ1) is 27.0. The van der Waals surface area contributed by atoms with Crippen molar-refractivity contribution in [3.05, 3.63) is 184 Å². The van der Waals surface area contributed by atoms with E-state index in [1.165, 1.54) is 44.6 Å². The molecule has 2 aliphatic heterocycles. The van der Waals surface area contributed by atoms with Crippen molar-refractivity contribution in [2.45, 2.75) is 45.4 Å². The zero-order valence-electron chi connectivity index (χ0n) is 30.7. The van der Waals surface area contributed by atoms with Gasteiger partial charge in [0.05, 0.1) is 0 Å². The van der Waals surface area contributed by atoms with Crippen LogP contribution >= 0.6 is 0 Å². The summed E-state index contributed by atoms with van der Waals surface area (Å²) in [5, 5.41) is 2.24. The molecule has 5 aromatic carbocycles. The Labute approximate surface area is 331 Å². The van der Waals surface area contributed by atoms with Gasteiger partial charge in [-0.3, -0.25) is 0 Å². The van der Waals surface area contributed by atoms with E-state index in [9.17, 15) is 0 Å². The maximum atomic E-state index is 6.61. The van der Waals surface area contributed by atoms with Crippen molar-refractivity contribution in [2.75, 3.05) is 0 Å². The maximum absolute atomic E-state index is 6.61. The summed E-state index contributed by atoms with van der Waals surface area (Å²) in [7, 11) is 0. The van der Waals surface area contributed by atoms with E-state index in [0.29, 0.717) is 17.4 Å². The van der Waals surface area contributed by atoms with Crippen molar-refractivity contribution in [3.8, 4) is 34.1 Å². The van der Waals surface area contributed by atoms with Crippen LogP contribution in [0.3, 0.4) is 0 Å². The fourth-order valence-corrected chi connectivity index (χ4v) is 8.99. The van der Waals surface area contributed by atoms with E-state index in [1.807, 2.05) is 24.4 Å². The second kappa shape index (κ2) is 13.8. The molecule has 13 rings (SSSR count). The van der Waals surface area contributed by atoms with E-state index in [1.54, 1.807) is 0 Å². The monoisotopic (exact) mass is 893 g/mol. The summed E-state index contributed by atoms with van der Waals surface area (Å²) in [6.45, 7) is 4.43. The van der Waals surface area contributed by atoms with Crippen LogP contribution in [0.4, 0.5) is 0 Å². The average molecular weight is 894 g/mol. The van der Waals surface area contributed by atoms with Crippen LogP contribution < -0.4 is 4.74 Å². The molecule has 4 aromatic heterocycles. The molecule has 0 amide bonds. The molecule has 6 heterocycles. The second-order valence-electron chi connectivity index (χ2n) is 14.8. The number of hydrogen-bond donors (Lipinski definition) is 0. The van der Waals surface area contributed by atoms with Crippen LogP contribution in [0.5, 0.6) is 11.5 Å². The molecule has 0 atom stereocenters. The first-order valence-corrected chi connectivity index (χ1v) is 20.1. The average Bonchev–Trinajstić information content (AvgIpc) is 3.73. The number of ether oxygens (including phenoxy) is 1. The summed E-state index contributed by atoms with van der Waals surface area (Å²) in [5.74, 6) is 2.50. The third kappa shape index (κ3) is 6.17. The fourth-order valence-electron chi connectivity index (χ4n) is 7.97. The molecular weight excluding hydrogens is 856 g/mol. The summed E-state index contributed by atoms with van der Waals surface area (Å²) < 4.78 is 14.6. The first kappa shape index (κ1) is 33.8. The molecule has 2 aliphatic carbocycles. The summed E-state index contributed by atoms with van der Waals surface area (Å²) in [4.78, 5) is 4.87. The first-order valence-electron chi connectivity index (χ1n) is 19.0. The van der Waals surface area contributed by atoms with E-state index in [2.05, 4.69) is 174 Å². The van der Waals surface area contributed by atoms with Crippen LogP contribution in [0.25, 0.3) is 50.0 Å².